The number of pyridine rings is 1. The van der Waals surface area contributed by atoms with Crippen LogP contribution in [0.2, 0.25) is 0 Å². The molecule has 0 unspecified atom stereocenters. The van der Waals surface area contributed by atoms with E-state index in [0.29, 0.717) is 17.1 Å². The Morgan fingerprint density at radius 3 is 3.21 bits per heavy atom. The summed E-state index contributed by atoms with van der Waals surface area (Å²) in [5.74, 6) is 0.345. The van der Waals surface area contributed by atoms with Crippen LogP contribution in [0.3, 0.4) is 0 Å². The number of aromatic nitrogens is 3. The maximum atomic E-state index is 12.6. The number of H-pyrrole nitrogens is 1. The summed E-state index contributed by atoms with van der Waals surface area (Å²) in [6.07, 6.45) is 7.50. The number of aromatic amines is 1. The molecule has 0 bridgehead atoms. The molecule has 3 aromatic rings. The number of ether oxygens (including phenoxy) is 1. The molecule has 0 aromatic carbocycles. The molecule has 0 saturated carbocycles. The van der Waals surface area contributed by atoms with E-state index in [-0.39, 0.29) is 5.91 Å². The first kappa shape index (κ1) is 15.3. The standard InChI is InChI=1S/C17H18N4O2S/c22-16(14-10-19-15-13(14)2-1-5-18-15)20-17-21(6-9-24-17)11-12-3-7-23-8-4-12/h1-2,5-6,9-10,12H,3-4,7-8,11H2,(H,18,19)/b20-17-. The average molecular weight is 342 g/mol. The Hall–Kier alpha value is -2.25. The van der Waals surface area contributed by atoms with Gasteiger partial charge in [0.1, 0.15) is 5.65 Å². The van der Waals surface area contributed by atoms with Crippen molar-refractivity contribution in [3.63, 3.8) is 0 Å². The van der Waals surface area contributed by atoms with Crippen molar-refractivity contribution in [2.45, 2.75) is 19.4 Å². The quantitative estimate of drug-likeness (QED) is 0.795. The molecule has 1 N–H and O–H groups in total. The number of hydrogen-bond donors (Lipinski definition) is 1. The van der Waals surface area contributed by atoms with Crippen molar-refractivity contribution < 1.29 is 9.53 Å². The Morgan fingerprint density at radius 2 is 2.33 bits per heavy atom. The third-order valence-corrected chi connectivity index (χ3v) is 5.13. The van der Waals surface area contributed by atoms with E-state index in [1.54, 1.807) is 12.4 Å². The normalized spacial score (nSPS) is 16.8. The summed E-state index contributed by atoms with van der Waals surface area (Å²) in [5, 5.41) is 2.78. The number of thiazole rings is 1. The minimum Gasteiger partial charge on any atom is -0.381 e. The van der Waals surface area contributed by atoms with Crippen LogP contribution in [0.4, 0.5) is 0 Å². The van der Waals surface area contributed by atoms with Gasteiger partial charge in [0, 0.05) is 49.1 Å². The van der Waals surface area contributed by atoms with Crippen LogP contribution in [0.15, 0.2) is 41.1 Å². The molecule has 6 nitrogen and oxygen atoms in total. The lowest BCUT2D eigenvalue weighted by Crippen LogP contribution is -2.25. The van der Waals surface area contributed by atoms with Crippen LogP contribution >= 0.6 is 11.3 Å². The van der Waals surface area contributed by atoms with E-state index in [9.17, 15) is 4.79 Å². The maximum Gasteiger partial charge on any atom is 0.281 e. The fraction of sp³-hybridized carbons (Fsp3) is 0.353. The van der Waals surface area contributed by atoms with E-state index in [0.717, 1.165) is 42.8 Å². The number of carbonyl (C=O) groups excluding carboxylic acids is 1. The van der Waals surface area contributed by atoms with E-state index in [1.165, 1.54) is 11.3 Å². The van der Waals surface area contributed by atoms with Crippen molar-refractivity contribution in [2.75, 3.05) is 13.2 Å². The fourth-order valence-electron chi connectivity index (χ4n) is 3.01. The zero-order chi connectivity index (χ0) is 16.4. The molecule has 1 saturated heterocycles. The summed E-state index contributed by atoms with van der Waals surface area (Å²) in [5.41, 5.74) is 1.27. The van der Waals surface area contributed by atoms with Gasteiger partial charge in [0.2, 0.25) is 0 Å². The smallest absolute Gasteiger partial charge is 0.281 e. The van der Waals surface area contributed by atoms with Gasteiger partial charge in [-0.1, -0.05) is 0 Å². The predicted molar refractivity (Wildman–Crippen MR) is 91.8 cm³/mol. The van der Waals surface area contributed by atoms with Crippen LogP contribution in [0.25, 0.3) is 11.0 Å². The lowest BCUT2D eigenvalue weighted by atomic mass is 10.0. The van der Waals surface area contributed by atoms with E-state index in [1.807, 2.05) is 23.7 Å². The molecule has 7 heteroatoms. The molecular weight excluding hydrogens is 324 g/mol. The molecule has 0 aliphatic carbocycles. The van der Waals surface area contributed by atoms with Gasteiger partial charge >= 0.3 is 0 Å². The molecule has 24 heavy (non-hydrogen) atoms. The number of amides is 1. The van der Waals surface area contributed by atoms with Gasteiger partial charge in [0.25, 0.3) is 5.91 Å². The van der Waals surface area contributed by atoms with Crippen molar-refractivity contribution in [2.24, 2.45) is 10.9 Å². The molecule has 1 aliphatic heterocycles. The molecule has 0 spiro atoms. The topological polar surface area (TPSA) is 72.3 Å². The second kappa shape index (κ2) is 6.70. The summed E-state index contributed by atoms with van der Waals surface area (Å²) in [7, 11) is 0. The Kier molecular flexibility index (Phi) is 4.27. The van der Waals surface area contributed by atoms with Crippen LogP contribution in [0, 0.1) is 5.92 Å². The fourth-order valence-corrected chi connectivity index (χ4v) is 3.75. The molecule has 0 radical (unpaired) electrons. The van der Waals surface area contributed by atoms with Crippen molar-refractivity contribution >= 4 is 28.3 Å². The zero-order valence-electron chi connectivity index (χ0n) is 13.1. The third kappa shape index (κ3) is 3.05. The number of fused-ring (bicyclic) bond motifs is 1. The lowest BCUT2D eigenvalue weighted by molar-refractivity contribution is 0.0610. The SMILES string of the molecule is O=C(/N=c1\sccn1CC1CCOCC1)c1c[nH]c2ncccc12. The van der Waals surface area contributed by atoms with Crippen LogP contribution in [-0.2, 0) is 11.3 Å². The van der Waals surface area contributed by atoms with Gasteiger partial charge < -0.3 is 14.3 Å². The molecule has 1 fully saturated rings. The Bertz CT molecular complexity index is 918. The molecular formula is C17H18N4O2S. The Labute approximate surface area is 142 Å². The van der Waals surface area contributed by atoms with E-state index >= 15 is 0 Å². The first-order valence-corrected chi connectivity index (χ1v) is 8.92. The third-order valence-electron chi connectivity index (χ3n) is 4.33. The molecule has 124 valence electrons. The Balaban J connectivity index is 1.61. The monoisotopic (exact) mass is 342 g/mol. The lowest BCUT2D eigenvalue weighted by Gasteiger charge is -2.22. The number of rotatable bonds is 3. The molecule has 1 aliphatic rings. The highest BCUT2D eigenvalue weighted by Crippen LogP contribution is 2.17. The predicted octanol–water partition coefficient (Wildman–Crippen LogP) is 2.59. The van der Waals surface area contributed by atoms with Crippen LogP contribution in [0.1, 0.15) is 23.2 Å². The van der Waals surface area contributed by atoms with E-state index < -0.39 is 0 Å². The molecule has 3 aromatic heterocycles. The van der Waals surface area contributed by atoms with Crippen molar-refractivity contribution in [1.29, 1.82) is 0 Å². The summed E-state index contributed by atoms with van der Waals surface area (Å²) in [6.45, 7) is 2.53. The number of nitrogens with one attached hydrogen (secondary N) is 1. The minimum atomic E-state index is -0.238. The van der Waals surface area contributed by atoms with Crippen molar-refractivity contribution in [1.82, 2.24) is 14.5 Å². The van der Waals surface area contributed by atoms with Crippen molar-refractivity contribution in [3.05, 3.63) is 46.5 Å². The number of hydrogen-bond acceptors (Lipinski definition) is 4. The highest BCUT2D eigenvalue weighted by molar-refractivity contribution is 7.07. The van der Waals surface area contributed by atoms with E-state index in [2.05, 4.69) is 19.5 Å². The number of carbonyl (C=O) groups is 1. The average Bonchev–Trinajstić information content (AvgIpc) is 3.23. The number of nitrogens with zero attached hydrogens (tertiary/aromatic N) is 3. The van der Waals surface area contributed by atoms with Gasteiger partial charge in [-0.3, -0.25) is 4.79 Å². The minimum absolute atomic E-state index is 0.238. The summed E-state index contributed by atoms with van der Waals surface area (Å²) < 4.78 is 7.48. The first-order chi connectivity index (χ1) is 11.8. The summed E-state index contributed by atoms with van der Waals surface area (Å²) in [4.78, 5) is 24.9. The summed E-state index contributed by atoms with van der Waals surface area (Å²) in [6, 6.07) is 3.70. The first-order valence-electron chi connectivity index (χ1n) is 8.04. The Morgan fingerprint density at radius 1 is 1.46 bits per heavy atom. The maximum absolute atomic E-state index is 12.6. The summed E-state index contributed by atoms with van der Waals surface area (Å²) >= 11 is 1.49. The van der Waals surface area contributed by atoms with Gasteiger partial charge in [-0.15, -0.1) is 11.3 Å². The zero-order valence-corrected chi connectivity index (χ0v) is 14.0. The van der Waals surface area contributed by atoms with Gasteiger partial charge in [0.15, 0.2) is 4.80 Å². The van der Waals surface area contributed by atoms with Gasteiger partial charge in [0.05, 0.1) is 5.56 Å². The highest BCUT2D eigenvalue weighted by Gasteiger charge is 2.16. The molecule has 4 heterocycles. The second-order valence-electron chi connectivity index (χ2n) is 5.91. The van der Waals surface area contributed by atoms with Gasteiger partial charge in [-0.25, -0.2) is 4.98 Å². The van der Waals surface area contributed by atoms with Crippen LogP contribution in [-0.4, -0.2) is 33.7 Å². The van der Waals surface area contributed by atoms with Crippen LogP contribution < -0.4 is 4.80 Å². The highest BCUT2D eigenvalue weighted by atomic mass is 32.1. The largest absolute Gasteiger partial charge is 0.381 e. The molecule has 1 amide bonds. The molecule has 0 atom stereocenters. The molecule has 4 rings (SSSR count). The van der Waals surface area contributed by atoms with E-state index in [4.69, 9.17) is 4.74 Å². The second-order valence-corrected chi connectivity index (χ2v) is 6.79. The van der Waals surface area contributed by atoms with Crippen LogP contribution in [0.5, 0.6) is 0 Å². The van der Waals surface area contributed by atoms with Crippen molar-refractivity contribution in [3.8, 4) is 0 Å². The van der Waals surface area contributed by atoms with Gasteiger partial charge in [-0.05, 0) is 30.9 Å². The van der Waals surface area contributed by atoms with Gasteiger partial charge in [-0.2, -0.15) is 4.99 Å².